The van der Waals surface area contributed by atoms with E-state index in [4.69, 9.17) is 31.0 Å². The summed E-state index contributed by atoms with van der Waals surface area (Å²) in [6.45, 7) is 3.96. The SMILES string of the molecule is COc1cc(OC)c2nc(C)c3c(C)nc(-c4ccccc4Cl)n3c2c1. The fraction of sp³-hybridized carbons (Fsp3) is 0.200. The Hall–Kier alpha value is -2.79. The Morgan fingerprint density at radius 3 is 2.38 bits per heavy atom. The van der Waals surface area contributed by atoms with Crippen LogP contribution in [0.2, 0.25) is 5.02 Å². The number of benzene rings is 2. The number of nitrogens with zero attached hydrogens (tertiary/aromatic N) is 3. The maximum Gasteiger partial charge on any atom is 0.150 e. The van der Waals surface area contributed by atoms with E-state index in [1.54, 1.807) is 14.2 Å². The average molecular weight is 368 g/mol. The molecule has 4 aromatic rings. The summed E-state index contributed by atoms with van der Waals surface area (Å²) in [5, 5.41) is 0.650. The van der Waals surface area contributed by atoms with Gasteiger partial charge in [-0.05, 0) is 26.0 Å². The highest BCUT2D eigenvalue weighted by molar-refractivity contribution is 6.33. The van der Waals surface area contributed by atoms with Gasteiger partial charge in [0.15, 0.2) is 0 Å². The van der Waals surface area contributed by atoms with Crippen LogP contribution < -0.4 is 9.47 Å². The lowest BCUT2D eigenvalue weighted by atomic mass is 10.2. The van der Waals surface area contributed by atoms with Crippen molar-refractivity contribution in [2.75, 3.05) is 14.2 Å². The Balaban J connectivity index is 2.23. The molecule has 0 bridgehead atoms. The Kier molecular flexibility index (Phi) is 3.96. The van der Waals surface area contributed by atoms with Crippen molar-refractivity contribution in [3.05, 3.63) is 52.8 Å². The van der Waals surface area contributed by atoms with Crippen LogP contribution in [0.4, 0.5) is 0 Å². The minimum absolute atomic E-state index is 0.650. The topological polar surface area (TPSA) is 48.7 Å². The summed E-state index contributed by atoms with van der Waals surface area (Å²) in [6.07, 6.45) is 0. The fourth-order valence-corrected chi connectivity index (χ4v) is 3.58. The van der Waals surface area contributed by atoms with Gasteiger partial charge in [-0.3, -0.25) is 4.40 Å². The van der Waals surface area contributed by atoms with E-state index in [9.17, 15) is 0 Å². The maximum atomic E-state index is 6.46. The van der Waals surface area contributed by atoms with Gasteiger partial charge >= 0.3 is 0 Å². The van der Waals surface area contributed by atoms with Crippen LogP contribution in [0, 0.1) is 13.8 Å². The summed E-state index contributed by atoms with van der Waals surface area (Å²) in [7, 11) is 3.26. The lowest BCUT2D eigenvalue weighted by Gasteiger charge is -2.13. The van der Waals surface area contributed by atoms with Crippen LogP contribution in [0.5, 0.6) is 11.5 Å². The van der Waals surface area contributed by atoms with Crippen LogP contribution >= 0.6 is 11.6 Å². The number of aryl methyl sites for hydroxylation is 2. The van der Waals surface area contributed by atoms with Crippen molar-refractivity contribution in [1.29, 1.82) is 0 Å². The number of rotatable bonds is 3. The van der Waals surface area contributed by atoms with Crippen LogP contribution in [-0.2, 0) is 0 Å². The number of ether oxygens (including phenoxy) is 2. The van der Waals surface area contributed by atoms with E-state index in [0.717, 1.165) is 39.3 Å². The quantitative estimate of drug-likeness (QED) is 0.520. The molecule has 0 N–H and O–H groups in total. The van der Waals surface area contributed by atoms with Crippen LogP contribution in [0.15, 0.2) is 36.4 Å². The second kappa shape index (κ2) is 6.18. The van der Waals surface area contributed by atoms with Crippen LogP contribution in [0.3, 0.4) is 0 Å². The molecule has 26 heavy (non-hydrogen) atoms. The van der Waals surface area contributed by atoms with Gasteiger partial charge in [0.1, 0.15) is 22.8 Å². The molecule has 0 aliphatic rings. The lowest BCUT2D eigenvalue weighted by molar-refractivity contribution is 0.397. The van der Waals surface area contributed by atoms with Crippen LogP contribution in [0.1, 0.15) is 11.4 Å². The average Bonchev–Trinajstić information content (AvgIpc) is 2.99. The highest BCUT2D eigenvalue weighted by Crippen LogP contribution is 2.36. The maximum absolute atomic E-state index is 6.46. The molecule has 0 saturated carbocycles. The monoisotopic (exact) mass is 367 g/mol. The number of methoxy groups -OCH3 is 2. The smallest absolute Gasteiger partial charge is 0.150 e. The number of halogens is 1. The van der Waals surface area contributed by atoms with E-state index >= 15 is 0 Å². The number of imidazole rings is 1. The van der Waals surface area contributed by atoms with Crippen LogP contribution in [-0.4, -0.2) is 28.6 Å². The number of fused-ring (bicyclic) bond motifs is 3. The Labute approximate surface area is 156 Å². The molecule has 0 saturated heterocycles. The third-order valence-electron chi connectivity index (χ3n) is 4.51. The van der Waals surface area contributed by atoms with E-state index in [1.807, 2.05) is 50.2 Å². The molecule has 6 heteroatoms. The molecule has 0 amide bonds. The Morgan fingerprint density at radius 1 is 0.962 bits per heavy atom. The molecular formula is C20H18ClN3O2. The minimum Gasteiger partial charge on any atom is -0.497 e. The zero-order valence-electron chi connectivity index (χ0n) is 15.0. The summed E-state index contributed by atoms with van der Waals surface area (Å²) in [5.74, 6) is 2.12. The molecule has 4 rings (SSSR count). The van der Waals surface area contributed by atoms with E-state index in [-0.39, 0.29) is 0 Å². The molecule has 132 valence electrons. The molecule has 0 atom stereocenters. The first-order chi connectivity index (χ1) is 12.5. The van der Waals surface area contributed by atoms with Crippen molar-refractivity contribution < 1.29 is 9.47 Å². The number of hydrogen-bond donors (Lipinski definition) is 0. The molecule has 5 nitrogen and oxygen atoms in total. The standard InChI is InChI=1S/C20H18ClN3O2/c1-11-19-12(2)23-20(14-7-5-6-8-15(14)21)24(19)16-9-13(25-3)10-17(26-4)18(16)22-11/h5-10H,1-4H3. The molecule has 0 radical (unpaired) electrons. The van der Waals surface area contributed by atoms with Crippen molar-refractivity contribution in [3.8, 4) is 22.9 Å². The molecule has 0 spiro atoms. The molecular weight excluding hydrogens is 350 g/mol. The van der Waals surface area contributed by atoms with Gasteiger partial charge in [0.2, 0.25) is 0 Å². The van der Waals surface area contributed by atoms with Gasteiger partial charge in [-0.15, -0.1) is 0 Å². The zero-order valence-corrected chi connectivity index (χ0v) is 15.8. The summed E-state index contributed by atoms with van der Waals surface area (Å²) in [4.78, 5) is 9.57. The second-order valence-electron chi connectivity index (χ2n) is 6.08. The van der Waals surface area contributed by atoms with E-state index in [2.05, 4.69) is 4.40 Å². The third kappa shape index (κ3) is 2.39. The molecule has 0 aliphatic carbocycles. The van der Waals surface area contributed by atoms with Crippen molar-refractivity contribution in [1.82, 2.24) is 14.4 Å². The Bertz CT molecular complexity index is 1150. The van der Waals surface area contributed by atoms with Crippen molar-refractivity contribution in [2.24, 2.45) is 0 Å². The summed E-state index contributed by atoms with van der Waals surface area (Å²) in [6, 6.07) is 11.5. The van der Waals surface area contributed by atoms with Crippen molar-refractivity contribution in [3.63, 3.8) is 0 Å². The molecule has 2 heterocycles. The molecule has 0 unspecified atom stereocenters. The zero-order chi connectivity index (χ0) is 18.4. The van der Waals surface area contributed by atoms with Gasteiger partial charge in [-0.1, -0.05) is 23.7 Å². The van der Waals surface area contributed by atoms with E-state index in [0.29, 0.717) is 16.5 Å². The van der Waals surface area contributed by atoms with Crippen LogP contribution in [0.25, 0.3) is 27.9 Å². The minimum atomic E-state index is 0.650. The number of hydrogen-bond acceptors (Lipinski definition) is 4. The molecule has 2 aromatic carbocycles. The van der Waals surface area contributed by atoms with E-state index in [1.165, 1.54) is 0 Å². The van der Waals surface area contributed by atoms with Crippen molar-refractivity contribution in [2.45, 2.75) is 13.8 Å². The van der Waals surface area contributed by atoms with Gasteiger partial charge in [0.05, 0.1) is 41.7 Å². The van der Waals surface area contributed by atoms with Gasteiger partial charge in [-0.25, -0.2) is 9.97 Å². The second-order valence-corrected chi connectivity index (χ2v) is 6.49. The van der Waals surface area contributed by atoms with E-state index < -0.39 is 0 Å². The predicted molar refractivity (Wildman–Crippen MR) is 104 cm³/mol. The fourth-order valence-electron chi connectivity index (χ4n) is 3.36. The Morgan fingerprint density at radius 2 is 1.69 bits per heavy atom. The summed E-state index contributed by atoms with van der Waals surface area (Å²) in [5.41, 5.74) is 5.22. The predicted octanol–water partition coefficient (Wildman–Crippen LogP) is 4.84. The molecule has 2 aromatic heterocycles. The first-order valence-electron chi connectivity index (χ1n) is 8.21. The lowest BCUT2D eigenvalue weighted by Crippen LogP contribution is -2.00. The number of aromatic nitrogens is 3. The summed E-state index contributed by atoms with van der Waals surface area (Å²) < 4.78 is 13.1. The third-order valence-corrected chi connectivity index (χ3v) is 4.84. The largest absolute Gasteiger partial charge is 0.497 e. The van der Waals surface area contributed by atoms with Gasteiger partial charge in [-0.2, -0.15) is 0 Å². The van der Waals surface area contributed by atoms with Crippen molar-refractivity contribution >= 4 is 28.2 Å². The molecule has 0 aliphatic heterocycles. The van der Waals surface area contributed by atoms with Gasteiger partial charge in [0.25, 0.3) is 0 Å². The normalized spacial score (nSPS) is 11.3. The van der Waals surface area contributed by atoms with Gasteiger partial charge in [0, 0.05) is 17.7 Å². The highest BCUT2D eigenvalue weighted by atomic mass is 35.5. The van der Waals surface area contributed by atoms with Gasteiger partial charge < -0.3 is 9.47 Å². The molecule has 0 fully saturated rings. The summed E-state index contributed by atoms with van der Waals surface area (Å²) >= 11 is 6.46. The first-order valence-corrected chi connectivity index (χ1v) is 8.59. The highest BCUT2D eigenvalue weighted by Gasteiger charge is 2.20. The first kappa shape index (κ1) is 16.7.